The molecular weight excluding hydrogens is 238 g/mol. The smallest absolute Gasteiger partial charge is 0.220 e. The zero-order valence-electron chi connectivity index (χ0n) is 11.8. The molecule has 0 aromatic carbocycles. The summed E-state index contributed by atoms with van der Waals surface area (Å²) in [4.78, 5) is 15.0. The van der Waals surface area contributed by atoms with Crippen LogP contribution in [0.25, 0.3) is 0 Å². The van der Waals surface area contributed by atoms with Crippen LogP contribution in [0, 0.1) is 5.41 Å². The number of aryl methyl sites for hydroxylation is 1. The topological polar surface area (TPSA) is 56.9 Å². The Morgan fingerprint density at radius 3 is 2.84 bits per heavy atom. The molecule has 4 nitrogen and oxygen atoms in total. The Bertz CT molecular complexity index is 382. The van der Waals surface area contributed by atoms with Crippen LogP contribution in [0.5, 0.6) is 0 Å². The van der Waals surface area contributed by atoms with Crippen molar-refractivity contribution in [1.29, 1.82) is 0 Å². The van der Waals surface area contributed by atoms with Crippen molar-refractivity contribution in [3.8, 4) is 0 Å². The van der Waals surface area contributed by atoms with Gasteiger partial charge in [-0.1, -0.05) is 6.42 Å². The van der Waals surface area contributed by atoms with Gasteiger partial charge in [0.05, 0.1) is 0 Å². The Hall–Kier alpha value is -1.29. The fourth-order valence-corrected chi connectivity index (χ4v) is 2.80. The Labute approximate surface area is 115 Å². The molecule has 1 heterocycles. The first-order valence-electron chi connectivity index (χ1n) is 7.28. The number of carbonyl (C=O) groups is 1. The largest absolute Gasteiger partial charge is 0.365 e. The van der Waals surface area contributed by atoms with Gasteiger partial charge in [0.1, 0.15) is 0 Å². The van der Waals surface area contributed by atoms with Gasteiger partial charge in [-0.25, -0.2) is 0 Å². The maximum Gasteiger partial charge on any atom is 0.220 e. The van der Waals surface area contributed by atoms with Crippen LogP contribution in [0.2, 0.25) is 0 Å². The summed E-state index contributed by atoms with van der Waals surface area (Å²) >= 11 is 0. The van der Waals surface area contributed by atoms with Gasteiger partial charge in [0.2, 0.25) is 5.91 Å². The summed E-state index contributed by atoms with van der Waals surface area (Å²) in [6, 6.07) is 4.06. The van der Waals surface area contributed by atoms with Crippen LogP contribution < -0.4 is 10.6 Å². The zero-order chi connectivity index (χ0) is 13.6. The highest BCUT2D eigenvalue weighted by molar-refractivity contribution is 5.75. The van der Waals surface area contributed by atoms with Gasteiger partial charge in [-0.2, -0.15) is 0 Å². The molecule has 1 fully saturated rings. The van der Waals surface area contributed by atoms with E-state index in [1.165, 1.54) is 25.0 Å². The van der Waals surface area contributed by atoms with Crippen LogP contribution in [0.4, 0.5) is 0 Å². The van der Waals surface area contributed by atoms with E-state index in [1.807, 2.05) is 19.3 Å². The lowest BCUT2D eigenvalue weighted by Gasteiger charge is -2.42. The number of aromatic nitrogens is 1. The summed E-state index contributed by atoms with van der Waals surface area (Å²) in [7, 11) is 1.98. The normalized spacial score (nSPS) is 16.9. The van der Waals surface area contributed by atoms with Crippen LogP contribution >= 0.6 is 0 Å². The third-order valence-electron chi connectivity index (χ3n) is 4.14. The van der Waals surface area contributed by atoms with Gasteiger partial charge in [-0.3, -0.25) is 4.79 Å². The summed E-state index contributed by atoms with van der Waals surface area (Å²) in [6.07, 6.45) is 8.16. The predicted octanol–water partition coefficient (Wildman–Crippen LogP) is 1.84. The summed E-state index contributed by atoms with van der Waals surface area (Å²) in [5, 5.41) is 6.34. The van der Waals surface area contributed by atoms with E-state index in [0.717, 1.165) is 25.9 Å². The second-order valence-electron chi connectivity index (χ2n) is 5.71. The number of amides is 1. The second-order valence-corrected chi connectivity index (χ2v) is 5.71. The highest BCUT2D eigenvalue weighted by atomic mass is 16.1. The van der Waals surface area contributed by atoms with Crippen molar-refractivity contribution in [3.05, 3.63) is 24.0 Å². The molecule has 1 aliphatic rings. The molecule has 0 spiro atoms. The van der Waals surface area contributed by atoms with Crippen molar-refractivity contribution in [1.82, 2.24) is 15.6 Å². The summed E-state index contributed by atoms with van der Waals surface area (Å²) in [5.74, 6) is 0.189. The van der Waals surface area contributed by atoms with E-state index in [4.69, 9.17) is 0 Å². The Morgan fingerprint density at radius 1 is 1.42 bits per heavy atom. The molecule has 1 aromatic rings. The highest BCUT2D eigenvalue weighted by Crippen LogP contribution is 2.39. The maximum absolute atomic E-state index is 11.8. The van der Waals surface area contributed by atoms with Gasteiger partial charge in [-0.05, 0) is 44.9 Å². The molecule has 0 atom stereocenters. The van der Waals surface area contributed by atoms with Crippen LogP contribution in [0.3, 0.4) is 0 Å². The van der Waals surface area contributed by atoms with Gasteiger partial charge in [0.25, 0.3) is 0 Å². The first-order valence-corrected chi connectivity index (χ1v) is 7.28. The molecule has 1 aliphatic carbocycles. The molecule has 0 unspecified atom stereocenters. The summed E-state index contributed by atoms with van der Waals surface area (Å²) in [5.41, 5.74) is 1.53. The van der Waals surface area contributed by atoms with Crippen molar-refractivity contribution >= 4 is 5.91 Å². The minimum atomic E-state index is 0.189. The van der Waals surface area contributed by atoms with E-state index < -0.39 is 0 Å². The third-order valence-corrected chi connectivity index (χ3v) is 4.14. The molecule has 106 valence electrons. The van der Waals surface area contributed by atoms with Crippen LogP contribution in [0.15, 0.2) is 18.3 Å². The number of rotatable bonds is 8. The lowest BCUT2D eigenvalue weighted by atomic mass is 9.68. The van der Waals surface area contributed by atoms with Gasteiger partial charge in [0.15, 0.2) is 0 Å². The number of H-pyrrole nitrogens is 1. The van der Waals surface area contributed by atoms with E-state index >= 15 is 0 Å². The van der Waals surface area contributed by atoms with Crippen LogP contribution in [-0.2, 0) is 11.2 Å². The number of aromatic amines is 1. The minimum absolute atomic E-state index is 0.189. The molecule has 1 saturated carbocycles. The lowest BCUT2D eigenvalue weighted by molar-refractivity contribution is -0.122. The number of hydrogen-bond acceptors (Lipinski definition) is 2. The maximum atomic E-state index is 11.8. The van der Waals surface area contributed by atoms with Gasteiger partial charge < -0.3 is 15.6 Å². The Balaban J connectivity index is 1.61. The van der Waals surface area contributed by atoms with Gasteiger partial charge in [-0.15, -0.1) is 0 Å². The molecule has 0 radical (unpaired) electrons. The van der Waals surface area contributed by atoms with Crippen molar-refractivity contribution < 1.29 is 4.79 Å². The zero-order valence-corrected chi connectivity index (χ0v) is 11.8. The quantitative estimate of drug-likeness (QED) is 0.670. The Kier molecular flexibility index (Phi) is 5.02. The van der Waals surface area contributed by atoms with Crippen molar-refractivity contribution in [2.45, 2.75) is 38.5 Å². The SMILES string of the molecule is CNCC1(CNC(=O)CCCc2ccc[nH]2)CCC1. The Morgan fingerprint density at radius 2 is 2.26 bits per heavy atom. The molecule has 19 heavy (non-hydrogen) atoms. The van der Waals surface area contributed by atoms with E-state index in [2.05, 4.69) is 21.7 Å². The average Bonchev–Trinajstić information content (AvgIpc) is 2.85. The molecule has 1 aromatic heterocycles. The van der Waals surface area contributed by atoms with E-state index in [-0.39, 0.29) is 5.91 Å². The highest BCUT2D eigenvalue weighted by Gasteiger charge is 2.36. The molecule has 3 N–H and O–H groups in total. The summed E-state index contributed by atoms with van der Waals surface area (Å²) < 4.78 is 0. The molecular formula is C15H25N3O. The van der Waals surface area contributed by atoms with E-state index in [9.17, 15) is 4.79 Å². The second kappa shape index (κ2) is 6.75. The monoisotopic (exact) mass is 263 g/mol. The molecule has 0 bridgehead atoms. The average molecular weight is 263 g/mol. The molecule has 2 rings (SSSR count). The van der Waals surface area contributed by atoms with E-state index in [0.29, 0.717) is 11.8 Å². The minimum Gasteiger partial charge on any atom is -0.365 e. The lowest BCUT2D eigenvalue weighted by Crippen LogP contribution is -2.47. The third kappa shape index (κ3) is 4.10. The van der Waals surface area contributed by atoms with E-state index in [1.54, 1.807) is 0 Å². The summed E-state index contributed by atoms with van der Waals surface area (Å²) in [6.45, 7) is 1.84. The van der Waals surface area contributed by atoms with Crippen molar-refractivity contribution in [2.24, 2.45) is 5.41 Å². The van der Waals surface area contributed by atoms with Crippen LogP contribution in [-0.4, -0.2) is 31.0 Å². The molecule has 0 saturated heterocycles. The fourth-order valence-electron chi connectivity index (χ4n) is 2.80. The number of hydrogen-bond donors (Lipinski definition) is 3. The first-order chi connectivity index (χ1) is 9.24. The van der Waals surface area contributed by atoms with Gasteiger partial charge >= 0.3 is 0 Å². The molecule has 1 amide bonds. The predicted molar refractivity (Wildman–Crippen MR) is 77.0 cm³/mol. The molecule has 4 heteroatoms. The molecule has 0 aliphatic heterocycles. The van der Waals surface area contributed by atoms with Crippen molar-refractivity contribution in [2.75, 3.05) is 20.1 Å². The van der Waals surface area contributed by atoms with Crippen molar-refractivity contribution in [3.63, 3.8) is 0 Å². The number of nitrogens with one attached hydrogen (secondary N) is 3. The standard InChI is InChI=1S/C15H25N3O/c1-16-11-15(8-4-9-15)12-18-14(19)7-2-5-13-6-3-10-17-13/h3,6,10,16-17H,2,4-5,7-9,11-12H2,1H3,(H,18,19). The number of carbonyl (C=O) groups excluding carboxylic acids is 1. The van der Waals surface area contributed by atoms with Crippen LogP contribution in [0.1, 0.15) is 37.8 Å². The van der Waals surface area contributed by atoms with Gasteiger partial charge in [0, 0.05) is 36.8 Å². The first kappa shape index (κ1) is 14.1. The fraction of sp³-hybridized carbons (Fsp3) is 0.667.